The van der Waals surface area contributed by atoms with Crippen molar-refractivity contribution in [2.24, 2.45) is 5.92 Å². The summed E-state index contributed by atoms with van der Waals surface area (Å²) in [5, 5.41) is 23.2. The lowest BCUT2D eigenvalue weighted by Crippen LogP contribution is -2.91. The normalized spacial score (nSPS) is 32.5. The molecule has 2 fully saturated rings. The van der Waals surface area contributed by atoms with E-state index in [1.807, 2.05) is 19.1 Å². The molecule has 1 aromatic rings. The molecule has 1 saturated heterocycles. The van der Waals surface area contributed by atoms with Gasteiger partial charge in [0, 0.05) is 17.9 Å². The predicted molar refractivity (Wildman–Crippen MR) is 80.3 cm³/mol. The Kier molecular flexibility index (Phi) is 4.09. The molecule has 3 atom stereocenters. The first kappa shape index (κ1) is 14.7. The average molecular weight is 292 g/mol. The Hall–Kier alpha value is -1.26. The Morgan fingerprint density at radius 1 is 1.33 bits per heavy atom. The zero-order valence-electron chi connectivity index (χ0n) is 12.7. The number of piperidine rings is 1. The van der Waals surface area contributed by atoms with Gasteiger partial charge in [-0.3, -0.25) is 0 Å². The van der Waals surface area contributed by atoms with Crippen molar-refractivity contribution in [1.29, 1.82) is 0 Å². The van der Waals surface area contributed by atoms with Crippen molar-refractivity contribution in [3.8, 4) is 11.5 Å². The number of fused-ring (bicyclic) bond motifs is 1. The SMILES string of the molecule is CCOc1cc(C2[NH2+]CCC3(O)CCCCC23)ccc1O. The van der Waals surface area contributed by atoms with Crippen LogP contribution in [-0.2, 0) is 0 Å². The molecule has 21 heavy (non-hydrogen) atoms. The Balaban J connectivity index is 1.89. The highest BCUT2D eigenvalue weighted by molar-refractivity contribution is 5.42. The average Bonchev–Trinajstić information content (AvgIpc) is 2.48. The predicted octanol–water partition coefficient (Wildman–Crippen LogP) is 1.72. The lowest BCUT2D eigenvalue weighted by molar-refractivity contribution is -0.719. The summed E-state index contributed by atoms with van der Waals surface area (Å²) in [5.41, 5.74) is 0.655. The molecule has 1 aromatic carbocycles. The van der Waals surface area contributed by atoms with Crippen molar-refractivity contribution in [2.75, 3.05) is 13.2 Å². The van der Waals surface area contributed by atoms with E-state index in [1.165, 1.54) is 6.42 Å². The highest BCUT2D eigenvalue weighted by Crippen LogP contribution is 2.44. The molecule has 4 heteroatoms. The van der Waals surface area contributed by atoms with Gasteiger partial charge in [0.15, 0.2) is 11.5 Å². The molecule has 0 spiro atoms. The Morgan fingerprint density at radius 2 is 2.19 bits per heavy atom. The number of rotatable bonds is 3. The van der Waals surface area contributed by atoms with Gasteiger partial charge in [-0.1, -0.05) is 12.8 Å². The highest BCUT2D eigenvalue weighted by Gasteiger charge is 2.48. The van der Waals surface area contributed by atoms with Gasteiger partial charge < -0.3 is 20.3 Å². The molecule has 4 nitrogen and oxygen atoms in total. The molecule has 1 saturated carbocycles. The molecule has 1 aliphatic heterocycles. The lowest BCUT2D eigenvalue weighted by atomic mass is 9.67. The second-order valence-electron chi connectivity index (χ2n) is 6.42. The first-order valence-corrected chi connectivity index (χ1v) is 8.15. The molecule has 3 unspecified atom stereocenters. The van der Waals surface area contributed by atoms with Crippen LogP contribution >= 0.6 is 0 Å². The van der Waals surface area contributed by atoms with E-state index in [9.17, 15) is 10.2 Å². The van der Waals surface area contributed by atoms with E-state index >= 15 is 0 Å². The van der Waals surface area contributed by atoms with E-state index < -0.39 is 5.60 Å². The van der Waals surface area contributed by atoms with Crippen molar-refractivity contribution in [1.82, 2.24) is 0 Å². The van der Waals surface area contributed by atoms with Gasteiger partial charge in [0.05, 0.1) is 18.8 Å². The topological polar surface area (TPSA) is 66.3 Å². The van der Waals surface area contributed by atoms with Crippen LogP contribution in [-0.4, -0.2) is 29.0 Å². The van der Waals surface area contributed by atoms with Gasteiger partial charge in [0.25, 0.3) is 0 Å². The third kappa shape index (κ3) is 2.74. The van der Waals surface area contributed by atoms with Gasteiger partial charge in [0.2, 0.25) is 0 Å². The van der Waals surface area contributed by atoms with Crippen LogP contribution in [0.5, 0.6) is 11.5 Å². The summed E-state index contributed by atoms with van der Waals surface area (Å²) >= 11 is 0. The Bertz CT molecular complexity index is 501. The lowest BCUT2D eigenvalue weighted by Gasteiger charge is -2.46. The van der Waals surface area contributed by atoms with Gasteiger partial charge in [-0.15, -0.1) is 0 Å². The van der Waals surface area contributed by atoms with Crippen LogP contribution < -0.4 is 10.1 Å². The van der Waals surface area contributed by atoms with Crippen molar-refractivity contribution < 1.29 is 20.3 Å². The maximum atomic E-state index is 10.9. The van der Waals surface area contributed by atoms with Gasteiger partial charge >= 0.3 is 0 Å². The molecule has 0 bridgehead atoms. The minimum absolute atomic E-state index is 0.190. The maximum absolute atomic E-state index is 10.9. The van der Waals surface area contributed by atoms with Crippen LogP contribution in [0.4, 0.5) is 0 Å². The van der Waals surface area contributed by atoms with Crippen molar-refractivity contribution >= 4 is 0 Å². The number of hydrogen-bond acceptors (Lipinski definition) is 3. The van der Waals surface area contributed by atoms with Crippen LogP contribution in [0.1, 0.15) is 50.6 Å². The summed E-state index contributed by atoms with van der Waals surface area (Å²) in [6, 6.07) is 5.90. The Morgan fingerprint density at radius 3 is 3.00 bits per heavy atom. The number of quaternary nitrogens is 1. The first-order chi connectivity index (χ1) is 10.1. The number of phenols is 1. The molecule has 3 rings (SSSR count). The zero-order chi connectivity index (χ0) is 14.9. The molecular formula is C17H26NO3+. The van der Waals surface area contributed by atoms with Gasteiger partial charge in [-0.25, -0.2) is 0 Å². The van der Waals surface area contributed by atoms with Crippen molar-refractivity contribution in [3.05, 3.63) is 23.8 Å². The molecule has 1 heterocycles. The zero-order valence-corrected chi connectivity index (χ0v) is 12.7. The number of aliphatic hydroxyl groups is 1. The van der Waals surface area contributed by atoms with Crippen LogP contribution in [0.25, 0.3) is 0 Å². The second kappa shape index (κ2) is 5.85. The summed E-state index contributed by atoms with van der Waals surface area (Å²) in [5.74, 6) is 1.04. The number of aromatic hydroxyl groups is 1. The fourth-order valence-corrected chi connectivity index (χ4v) is 4.13. The van der Waals surface area contributed by atoms with Crippen molar-refractivity contribution in [2.45, 2.75) is 50.7 Å². The standard InChI is InChI=1S/C17H25NO3/c1-2-21-15-11-12(6-7-14(15)19)16-13-5-3-4-8-17(13,20)9-10-18-16/h6-7,11,13,16,18-20H,2-5,8-10H2,1H3/p+1. The first-order valence-electron chi connectivity index (χ1n) is 8.15. The second-order valence-corrected chi connectivity index (χ2v) is 6.42. The molecule has 116 valence electrons. The van der Waals surface area contributed by atoms with Crippen LogP contribution in [0.2, 0.25) is 0 Å². The monoisotopic (exact) mass is 292 g/mol. The van der Waals surface area contributed by atoms with Gasteiger partial charge in [0.1, 0.15) is 6.04 Å². The van der Waals surface area contributed by atoms with Crippen LogP contribution in [0.3, 0.4) is 0 Å². The number of ether oxygens (including phenoxy) is 1. The molecular weight excluding hydrogens is 266 g/mol. The molecule has 0 aromatic heterocycles. The molecule has 1 aliphatic carbocycles. The van der Waals surface area contributed by atoms with Crippen molar-refractivity contribution in [3.63, 3.8) is 0 Å². The summed E-state index contributed by atoms with van der Waals surface area (Å²) in [6.45, 7) is 3.42. The maximum Gasteiger partial charge on any atom is 0.161 e. The molecule has 0 amide bonds. The number of benzene rings is 1. The van der Waals surface area contributed by atoms with E-state index in [1.54, 1.807) is 6.07 Å². The van der Waals surface area contributed by atoms with Gasteiger partial charge in [-0.05, 0) is 38.0 Å². The molecule has 2 aliphatic rings. The van der Waals surface area contributed by atoms with Gasteiger partial charge in [-0.2, -0.15) is 0 Å². The van der Waals surface area contributed by atoms with E-state index in [0.717, 1.165) is 37.8 Å². The van der Waals surface area contributed by atoms with Crippen LogP contribution in [0, 0.1) is 5.92 Å². The van der Waals surface area contributed by atoms with E-state index in [0.29, 0.717) is 18.3 Å². The number of nitrogens with two attached hydrogens (primary N) is 1. The highest BCUT2D eigenvalue weighted by atomic mass is 16.5. The van der Waals surface area contributed by atoms with E-state index in [-0.39, 0.29) is 11.8 Å². The fraction of sp³-hybridized carbons (Fsp3) is 0.647. The minimum atomic E-state index is -0.499. The fourth-order valence-electron chi connectivity index (χ4n) is 4.13. The third-order valence-electron chi connectivity index (χ3n) is 5.16. The summed E-state index contributed by atoms with van der Waals surface area (Å²) < 4.78 is 5.50. The largest absolute Gasteiger partial charge is 0.504 e. The molecule has 4 N–H and O–H groups in total. The summed E-state index contributed by atoms with van der Waals surface area (Å²) in [6.07, 6.45) is 5.25. The minimum Gasteiger partial charge on any atom is -0.504 e. The number of phenolic OH excluding ortho intramolecular Hbond substituents is 1. The summed E-state index contributed by atoms with van der Waals surface area (Å²) in [4.78, 5) is 0. The summed E-state index contributed by atoms with van der Waals surface area (Å²) in [7, 11) is 0. The third-order valence-corrected chi connectivity index (χ3v) is 5.16. The molecule has 0 radical (unpaired) electrons. The van der Waals surface area contributed by atoms with E-state index in [2.05, 4.69) is 5.32 Å². The number of hydrogen-bond donors (Lipinski definition) is 3. The van der Waals surface area contributed by atoms with E-state index in [4.69, 9.17) is 4.74 Å². The Labute approximate surface area is 126 Å². The smallest absolute Gasteiger partial charge is 0.161 e. The quantitative estimate of drug-likeness (QED) is 0.795. The van der Waals surface area contributed by atoms with Crippen LogP contribution in [0.15, 0.2) is 18.2 Å².